The van der Waals surface area contributed by atoms with E-state index >= 15 is 0 Å². The zero-order chi connectivity index (χ0) is 18.5. The van der Waals surface area contributed by atoms with Crippen LogP contribution >= 0.6 is 0 Å². The molecule has 26 heavy (non-hydrogen) atoms. The van der Waals surface area contributed by atoms with Crippen LogP contribution in [0, 0.1) is 6.92 Å². The lowest BCUT2D eigenvalue weighted by atomic mass is 10.2. The van der Waals surface area contributed by atoms with Crippen LogP contribution in [0.25, 0.3) is 0 Å². The number of rotatable bonds is 6. The van der Waals surface area contributed by atoms with Gasteiger partial charge in [0.05, 0.1) is 31.5 Å². The monoisotopic (exact) mass is 360 g/mol. The summed E-state index contributed by atoms with van der Waals surface area (Å²) in [6.07, 6.45) is 4.35. The lowest BCUT2D eigenvalue weighted by Gasteiger charge is -2.32. The van der Waals surface area contributed by atoms with Crippen LogP contribution in [-0.2, 0) is 22.6 Å². The maximum absolute atomic E-state index is 12.6. The second-order valence-electron chi connectivity index (χ2n) is 6.18. The average Bonchev–Trinajstić information content (AvgIpc) is 3.30. The molecule has 0 bridgehead atoms. The summed E-state index contributed by atoms with van der Waals surface area (Å²) in [5, 5.41) is 11.2. The van der Waals surface area contributed by atoms with Crippen molar-refractivity contribution in [1.29, 1.82) is 0 Å². The second kappa shape index (κ2) is 8.13. The zero-order valence-electron chi connectivity index (χ0n) is 15.1. The van der Waals surface area contributed by atoms with Gasteiger partial charge in [-0.05, 0) is 19.9 Å². The Morgan fingerprint density at radius 2 is 2.23 bits per heavy atom. The maximum Gasteiger partial charge on any atom is 0.257 e. The lowest BCUT2D eigenvalue weighted by molar-refractivity contribution is -0.137. The summed E-state index contributed by atoms with van der Waals surface area (Å²) >= 11 is 0. The number of ether oxygens (including phenoxy) is 1. The Morgan fingerprint density at radius 3 is 2.92 bits per heavy atom. The van der Waals surface area contributed by atoms with Gasteiger partial charge in [-0.25, -0.2) is 0 Å². The molecule has 1 fully saturated rings. The molecule has 3 rings (SSSR count). The molecule has 1 aliphatic heterocycles. The van der Waals surface area contributed by atoms with Gasteiger partial charge in [-0.2, -0.15) is 10.2 Å². The molecular formula is C17H24N6O3. The Morgan fingerprint density at radius 1 is 1.38 bits per heavy atom. The molecule has 0 aliphatic carbocycles. The zero-order valence-corrected chi connectivity index (χ0v) is 15.1. The Kier molecular flexibility index (Phi) is 5.67. The van der Waals surface area contributed by atoms with E-state index in [1.54, 1.807) is 28.2 Å². The normalized spacial score (nSPS) is 17.3. The van der Waals surface area contributed by atoms with E-state index in [0.717, 1.165) is 5.69 Å². The second-order valence-corrected chi connectivity index (χ2v) is 6.18. The van der Waals surface area contributed by atoms with Gasteiger partial charge in [-0.3, -0.25) is 19.0 Å². The van der Waals surface area contributed by atoms with E-state index in [1.165, 1.54) is 0 Å². The van der Waals surface area contributed by atoms with Crippen LogP contribution in [0.5, 0.6) is 0 Å². The number of aryl methyl sites for hydroxylation is 2. The molecule has 1 saturated heterocycles. The molecule has 2 aromatic heterocycles. The Labute approximate surface area is 151 Å². The van der Waals surface area contributed by atoms with Crippen LogP contribution < -0.4 is 5.32 Å². The molecule has 3 heterocycles. The van der Waals surface area contributed by atoms with Gasteiger partial charge in [-0.15, -0.1) is 0 Å². The highest BCUT2D eigenvalue weighted by molar-refractivity contribution is 5.94. The Balaban J connectivity index is 1.51. The molecule has 1 atom stereocenters. The van der Waals surface area contributed by atoms with Crippen molar-refractivity contribution in [3.05, 3.63) is 35.9 Å². The third kappa shape index (κ3) is 4.10. The van der Waals surface area contributed by atoms with Gasteiger partial charge in [0.25, 0.3) is 11.8 Å². The van der Waals surface area contributed by atoms with Crippen LogP contribution in [-0.4, -0.2) is 68.6 Å². The minimum absolute atomic E-state index is 0.127. The van der Waals surface area contributed by atoms with Gasteiger partial charge in [0, 0.05) is 37.7 Å². The first-order chi connectivity index (χ1) is 12.6. The molecule has 0 aromatic carbocycles. The largest absolute Gasteiger partial charge is 0.365 e. The van der Waals surface area contributed by atoms with Crippen LogP contribution in [0.1, 0.15) is 23.0 Å². The molecular weight excluding hydrogens is 336 g/mol. The third-order valence-corrected chi connectivity index (χ3v) is 4.40. The molecule has 1 unspecified atom stereocenters. The van der Waals surface area contributed by atoms with Gasteiger partial charge in [-0.1, -0.05) is 0 Å². The highest BCUT2D eigenvalue weighted by Crippen LogP contribution is 2.11. The fraction of sp³-hybridized carbons (Fsp3) is 0.529. The first-order valence-electron chi connectivity index (χ1n) is 8.78. The molecule has 0 spiro atoms. The van der Waals surface area contributed by atoms with E-state index in [4.69, 9.17) is 4.74 Å². The number of nitrogens with zero attached hydrogens (tertiary/aromatic N) is 5. The summed E-state index contributed by atoms with van der Waals surface area (Å²) in [5.74, 6) is -0.338. The van der Waals surface area contributed by atoms with E-state index in [-0.39, 0.29) is 18.4 Å². The number of carbonyl (C=O) groups excluding carboxylic acids is 2. The van der Waals surface area contributed by atoms with Crippen molar-refractivity contribution in [2.45, 2.75) is 33.0 Å². The van der Waals surface area contributed by atoms with E-state index in [2.05, 4.69) is 15.5 Å². The van der Waals surface area contributed by atoms with Crippen LogP contribution in [0.3, 0.4) is 0 Å². The van der Waals surface area contributed by atoms with Crippen LogP contribution in [0.15, 0.2) is 24.7 Å². The molecule has 2 amide bonds. The summed E-state index contributed by atoms with van der Waals surface area (Å²) in [7, 11) is 0. The molecule has 140 valence electrons. The number of aromatic nitrogens is 4. The minimum atomic E-state index is -0.660. The molecule has 9 nitrogen and oxygen atoms in total. The van der Waals surface area contributed by atoms with Crippen LogP contribution in [0.4, 0.5) is 0 Å². The number of amides is 2. The van der Waals surface area contributed by atoms with Crippen molar-refractivity contribution < 1.29 is 14.3 Å². The minimum Gasteiger partial charge on any atom is -0.365 e. The molecule has 9 heteroatoms. The highest BCUT2D eigenvalue weighted by Gasteiger charge is 2.30. The van der Waals surface area contributed by atoms with Crippen molar-refractivity contribution >= 4 is 11.8 Å². The van der Waals surface area contributed by atoms with Gasteiger partial charge in [0.15, 0.2) is 6.10 Å². The van der Waals surface area contributed by atoms with Gasteiger partial charge in [0.1, 0.15) is 0 Å². The van der Waals surface area contributed by atoms with Crippen molar-refractivity contribution in [3.8, 4) is 0 Å². The highest BCUT2D eigenvalue weighted by atomic mass is 16.5. The Hall–Kier alpha value is -2.68. The summed E-state index contributed by atoms with van der Waals surface area (Å²) in [6, 6.07) is 1.91. The van der Waals surface area contributed by atoms with Gasteiger partial charge in [0.2, 0.25) is 0 Å². The number of nitrogens with one attached hydrogen (secondary N) is 1. The molecule has 0 radical (unpaired) electrons. The molecule has 1 aliphatic rings. The first kappa shape index (κ1) is 18.1. The molecule has 0 saturated carbocycles. The SMILES string of the molecule is CCn1cc(C(=O)N2CCOC(C(=O)NCCn3nccc3C)C2)cn1. The molecule has 2 aromatic rings. The number of morpholine rings is 1. The summed E-state index contributed by atoms with van der Waals surface area (Å²) in [4.78, 5) is 26.6. The number of hydrogen-bond acceptors (Lipinski definition) is 5. The van der Waals surface area contributed by atoms with Crippen molar-refractivity contribution in [2.75, 3.05) is 26.2 Å². The van der Waals surface area contributed by atoms with E-state index in [0.29, 0.717) is 38.3 Å². The fourth-order valence-electron chi connectivity index (χ4n) is 2.85. The first-order valence-corrected chi connectivity index (χ1v) is 8.78. The van der Waals surface area contributed by atoms with Gasteiger partial charge < -0.3 is 15.0 Å². The maximum atomic E-state index is 12.6. The van der Waals surface area contributed by atoms with E-state index in [9.17, 15) is 9.59 Å². The summed E-state index contributed by atoms with van der Waals surface area (Å²) < 4.78 is 9.07. The predicted molar refractivity (Wildman–Crippen MR) is 93.5 cm³/mol. The predicted octanol–water partition coefficient (Wildman–Crippen LogP) is 0.0653. The summed E-state index contributed by atoms with van der Waals surface area (Å²) in [6.45, 7) is 6.72. The fourth-order valence-corrected chi connectivity index (χ4v) is 2.85. The smallest absolute Gasteiger partial charge is 0.257 e. The topological polar surface area (TPSA) is 94.3 Å². The number of hydrogen-bond donors (Lipinski definition) is 1. The Bertz CT molecular complexity index is 768. The van der Waals surface area contributed by atoms with Gasteiger partial charge >= 0.3 is 0 Å². The van der Waals surface area contributed by atoms with Crippen molar-refractivity contribution in [1.82, 2.24) is 29.8 Å². The summed E-state index contributed by atoms with van der Waals surface area (Å²) in [5.41, 5.74) is 1.57. The van der Waals surface area contributed by atoms with E-state index in [1.807, 2.05) is 24.6 Å². The van der Waals surface area contributed by atoms with Crippen molar-refractivity contribution in [2.24, 2.45) is 0 Å². The van der Waals surface area contributed by atoms with Crippen molar-refractivity contribution in [3.63, 3.8) is 0 Å². The molecule has 1 N–H and O–H groups in total. The average molecular weight is 360 g/mol. The number of carbonyl (C=O) groups is 2. The lowest BCUT2D eigenvalue weighted by Crippen LogP contribution is -2.51. The van der Waals surface area contributed by atoms with E-state index < -0.39 is 6.10 Å². The standard InChI is InChI=1S/C17H24N6O3/c1-3-22-11-14(10-20-22)17(25)21-8-9-26-15(12-21)16(24)18-6-7-23-13(2)4-5-19-23/h4-5,10-11,15H,3,6-9,12H2,1-2H3,(H,18,24). The quantitative estimate of drug-likeness (QED) is 0.786. The third-order valence-electron chi connectivity index (χ3n) is 4.40. The van der Waals surface area contributed by atoms with Crippen LogP contribution in [0.2, 0.25) is 0 Å².